The number of aromatic nitrogens is 5. The number of carbonyl (C=O) groups is 1. The molecule has 0 bridgehead atoms. The van der Waals surface area contributed by atoms with Crippen LogP contribution in [0.2, 0.25) is 0 Å². The molecule has 7 nitrogen and oxygen atoms in total. The van der Waals surface area contributed by atoms with E-state index < -0.39 is 0 Å². The van der Waals surface area contributed by atoms with Crippen molar-refractivity contribution in [2.24, 2.45) is 7.05 Å². The summed E-state index contributed by atoms with van der Waals surface area (Å²) >= 11 is 0. The molecule has 0 unspecified atom stereocenters. The summed E-state index contributed by atoms with van der Waals surface area (Å²) in [7, 11) is 1.85. The third-order valence-electron chi connectivity index (χ3n) is 3.68. The third kappa shape index (κ3) is 2.07. The molecule has 0 saturated heterocycles. The maximum absolute atomic E-state index is 11.8. The Bertz CT molecular complexity index is 863. The zero-order chi connectivity index (χ0) is 15.1. The number of H-pyrrole nitrogens is 1. The van der Waals surface area contributed by atoms with Crippen LogP contribution >= 0.6 is 0 Å². The van der Waals surface area contributed by atoms with Gasteiger partial charge in [0.25, 0.3) is 5.91 Å². The van der Waals surface area contributed by atoms with E-state index >= 15 is 0 Å². The highest BCUT2D eigenvalue weighted by molar-refractivity contribution is 5.97. The molecule has 0 fully saturated rings. The molecule has 0 atom stereocenters. The van der Waals surface area contributed by atoms with Gasteiger partial charge in [-0.2, -0.15) is 5.10 Å². The fourth-order valence-corrected chi connectivity index (χ4v) is 2.60. The Morgan fingerprint density at radius 3 is 2.95 bits per heavy atom. The number of nitrogens with one attached hydrogen (secondary N) is 2. The molecule has 0 aliphatic carbocycles. The average molecular weight is 294 g/mol. The monoisotopic (exact) mass is 294 g/mol. The van der Waals surface area contributed by atoms with Crippen molar-refractivity contribution in [1.82, 2.24) is 30.0 Å². The predicted octanol–water partition coefficient (Wildman–Crippen LogP) is 1.16. The van der Waals surface area contributed by atoms with Gasteiger partial charge in [-0.25, -0.2) is 9.97 Å². The fourth-order valence-electron chi connectivity index (χ4n) is 2.60. The minimum atomic E-state index is -0.0391. The molecule has 4 heterocycles. The lowest BCUT2D eigenvalue weighted by atomic mass is 10.1. The minimum absolute atomic E-state index is 0.0391. The van der Waals surface area contributed by atoms with E-state index in [2.05, 4.69) is 25.4 Å². The van der Waals surface area contributed by atoms with E-state index in [1.165, 1.54) is 0 Å². The van der Waals surface area contributed by atoms with Gasteiger partial charge in [-0.05, 0) is 18.2 Å². The summed E-state index contributed by atoms with van der Waals surface area (Å²) in [5.41, 5.74) is 3.94. The molecule has 3 aromatic heterocycles. The number of rotatable bonds is 2. The number of hydrogen-bond acceptors (Lipinski definition) is 4. The van der Waals surface area contributed by atoms with E-state index in [1.54, 1.807) is 10.9 Å². The topological polar surface area (TPSA) is 88.5 Å². The second-order valence-corrected chi connectivity index (χ2v) is 5.22. The van der Waals surface area contributed by atoms with Crippen molar-refractivity contribution in [2.75, 3.05) is 6.54 Å². The first-order chi connectivity index (χ1) is 10.7. The van der Waals surface area contributed by atoms with E-state index in [-0.39, 0.29) is 5.91 Å². The van der Waals surface area contributed by atoms with Crippen molar-refractivity contribution in [3.63, 3.8) is 0 Å². The van der Waals surface area contributed by atoms with Crippen LogP contribution in [-0.2, 0) is 13.5 Å². The molecule has 3 aromatic rings. The normalized spacial score (nSPS) is 13.8. The van der Waals surface area contributed by atoms with Gasteiger partial charge >= 0.3 is 0 Å². The highest BCUT2D eigenvalue weighted by Gasteiger charge is 2.20. The third-order valence-corrected chi connectivity index (χ3v) is 3.68. The summed E-state index contributed by atoms with van der Waals surface area (Å²) in [5, 5.41) is 7.15. The molecule has 0 saturated carbocycles. The average Bonchev–Trinajstić information content (AvgIpc) is 3.14. The SMILES string of the molecule is Cn1ccc(-c2nccc(-c3cc4c([nH]3)CCNC4=O)n2)n1. The van der Waals surface area contributed by atoms with Gasteiger partial charge in [0, 0.05) is 38.1 Å². The van der Waals surface area contributed by atoms with Crippen LogP contribution in [0.4, 0.5) is 0 Å². The molecule has 110 valence electrons. The zero-order valence-electron chi connectivity index (χ0n) is 12.0. The van der Waals surface area contributed by atoms with E-state index in [0.717, 1.165) is 29.2 Å². The molecule has 1 aliphatic heterocycles. The van der Waals surface area contributed by atoms with Crippen LogP contribution in [0.5, 0.6) is 0 Å². The fraction of sp³-hybridized carbons (Fsp3) is 0.200. The lowest BCUT2D eigenvalue weighted by Crippen LogP contribution is -2.31. The predicted molar refractivity (Wildman–Crippen MR) is 80.1 cm³/mol. The maximum Gasteiger partial charge on any atom is 0.253 e. The number of aromatic amines is 1. The van der Waals surface area contributed by atoms with Crippen LogP contribution in [0.3, 0.4) is 0 Å². The van der Waals surface area contributed by atoms with Crippen LogP contribution in [0.15, 0.2) is 30.6 Å². The van der Waals surface area contributed by atoms with E-state index in [9.17, 15) is 4.79 Å². The van der Waals surface area contributed by atoms with E-state index in [1.807, 2.05) is 31.4 Å². The number of amides is 1. The summed E-state index contributed by atoms with van der Waals surface area (Å²) in [6.07, 6.45) is 4.36. The lowest BCUT2D eigenvalue weighted by molar-refractivity contribution is 0.0946. The Morgan fingerprint density at radius 2 is 2.18 bits per heavy atom. The molecular formula is C15H14N6O. The summed E-state index contributed by atoms with van der Waals surface area (Å²) in [5.74, 6) is 0.526. The van der Waals surface area contributed by atoms with Gasteiger partial charge in [-0.3, -0.25) is 9.48 Å². The van der Waals surface area contributed by atoms with Gasteiger partial charge in [0.15, 0.2) is 5.82 Å². The number of hydrogen-bond donors (Lipinski definition) is 2. The number of aryl methyl sites for hydroxylation is 1. The van der Waals surface area contributed by atoms with E-state index in [0.29, 0.717) is 17.9 Å². The van der Waals surface area contributed by atoms with Crippen LogP contribution in [0.1, 0.15) is 16.1 Å². The summed E-state index contributed by atoms with van der Waals surface area (Å²) in [6, 6.07) is 5.53. The molecule has 1 aliphatic rings. The minimum Gasteiger partial charge on any atom is -0.356 e. The molecule has 2 N–H and O–H groups in total. The van der Waals surface area contributed by atoms with Crippen LogP contribution in [0, 0.1) is 0 Å². The van der Waals surface area contributed by atoms with Crippen LogP contribution in [-0.4, -0.2) is 37.2 Å². The first-order valence-electron chi connectivity index (χ1n) is 7.04. The van der Waals surface area contributed by atoms with Crippen LogP contribution in [0.25, 0.3) is 22.9 Å². The summed E-state index contributed by atoms with van der Waals surface area (Å²) < 4.78 is 1.71. The molecule has 1 amide bonds. The smallest absolute Gasteiger partial charge is 0.253 e. The molecule has 22 heavy (non-hydrogen) atoms. The van der Waals surface area contributed by atoms with Gasteiger partial charge < -0.3 is 10.3 Å². The Labute approximate surface area is 126 Å². The first kappa shape index (κ1) is 12.8. The summed E-state index contributed by atoms with van der Waals surface area (Å²) in [4.78, 5) is 23.9. The Morgan fingerprint density at radius 1 is 1.27 bits per heavy atom. The van der Waals surface area contributed by atoms with Gasteiger partial charge in [0.05, 0.1) is 17.0 Å². The molecule has 7 heteroatoms. The Kier molecular flexibility index (Phi) is 2.78. The zero-order valence-corrected chi connectivity index (χ0v) is 12.0. The number of fused-ring (bicyclic) bond motifs is 1. The van der Waals surface area contributed by atoms with Crippen LogP contribution < -0.4 is 5.32 Å². The second-order valence-electron chi connectivity index (χ2n) is 5.22. The molecule has 0 radical (unpaired) electrons. The van der Waals surface area contributed by atoms with Crippen molar-refractivity contribution in [3.8, 4) is 22.9 Å². The summed E-state index contributed by atoms with van der Waals surface area (Å²) in [6.45, 7) is 0.661. The van der Waals surface area contributed by atoms with Crippen molar-refractivity contribution in [2.45, 2.75) is 6.42 Å². The van der Waals surface area contributed by atoms with Gasteiger partial charge in [-0.15, -0.1) is 0 Å². The lowest BCUT2D eigenvalue weighted by Gasteiger charge is -2.10. The van der Waals surface area contributed by atoms with Crippen molar-refractivity contribution >= 4 is 5.91 Å². The number of nitrogens with zero attached hydrogens (tertiary/aromatic N) is 4. The largest absolute Gasteiger partial charge is 0.356 e. The van der Waals surface area contributed by atoms with Gasteiger partial charge in [0.2, 0.25) is 0 Å². The standard InChI is InChI=1S/C15H14N6O/c1-21-7-4-12(20-21)14-16-5-3-11(19-14)13-8-9-10(18-13)2-6-17-15(9)22/h3-5,7-8,18H,2,6H2,1H3,(H,17,22). The molecule has 0 spiro atoms. The molecule has 4 rings (SSSR count). The van der Waals surface area contributed by atoms with Gasteiger partial charge in [-0.1, -0.05) is 0 Å². The Hall–Kier alpha value is -2.96. The van der Waals surface area contributed by atoms with Crippen molar-refractivity contribution in [1.29, 1.82) is 0 Å². The Balaban J connectivity index is 1.76. The van der Waals surface area contributed by atoms with Gasteiger partial charge in [0.1, 0.15) is 5.69 Å². The second kappa shape index (κ2) is 4.80. The highest BCUT2D eigenvalue weighted by atomic mass is 16.1. The molecular weight excluding hydrogens is 280 g/mol. The van der Waals surface area contributed by atoms with E-state index in [4.69, 9.17) is 0 Å². The molecule has 0 aromatic carbocycles. The number of carbonyl (C=O) groups excluding carboxylic acids is 1. The van der Waals surface area contributed by atoms with Crippen molar-refractivity contribution < 1.29 is 4.79 Å². The maximum atomic E-state index is 11.8. The van der Waals surface area contributed by atoms with Crippen molar-refractivity contribution in [3.05, 3.63) is 41.9 Å². The first-order valence-corrected chi connectivity index (χ1v) is 7.04. The highest BCUT2D eigenvalue weighted by Crippen LogP contribution is 2.23. The quantitative estimate of drug-likeness (QED) is 0.742.